The minimum absolute atomic E-state index is 0.273. The van der Waals surface area contributed by atoms with Crippen molar-refractivity contribution in [2.75, 3.05) is 47.1 Å². The lowest BCUT2D eigenvalue weighted by Gasteiger charge is -2.20. The summed E-state index contributed by atoms with van der Waals surface area (Å²) < 4.78 is 10.3. The molecular weight excluding hydrogens is 224 g/mol. The zero-order chi connectivity index (χ0) is 12.4. The zero-order valence-corrected chi connectivity index (χ0v) is 11.4. The van der Waals surface area contributed by atoms with Crippen molar-refractivity contribution in [1.29, 1.82) is 0 Å². The van der Waals surface area contributed by atoms with Gasteiger partial charge in [0.2, 0.25) is 0 Å². The molecule has 0 spiro atoms. The van der Waals surface area contributed by atoms with Gasteiger partial charge in [0.25, 0.3) is 0 Å². The highest BCUT2D eigenvalue weighted by Crippen LogP contribution is 1.99. The minimum atomic E-state index is 0.273. The van der Waals surface area contributed by atoms with E-state index in [0.29, 0.717) is 18.2 Å². The maximum absolute atomic E-state index is 5.56. The summed E-state index contributed by atoms with van der Waals surface area (Å²) in [6, 6.07) is 0. The molecule has 0 aromatic heterocycles. The second-order valence-corrected chi connectivity index (χ2v) is 4.50. The van der Waals surface area contributed by atoms with Crippen molar-refractivity contribution >= 4 is 17.2 Å². The molecule has 0 fully saturated rings. The fourth-order valence-corrected chi connectivity index (χ4v) is 1.40. The van der Waals surface area contributed by atoms with E-state index in [1.54, 1.807) is 7.11 Å². The molecular formula is C11H24N2O2S. The van der Waals surface area contributed by atoms with Crippen molar-refractivity contribution < 1.29 is 9.47 Å². The van der Waals surface area contributed by atoms with E-state index in [4.69, 9.17) is 27.4 Å². The molecule has 0 aromatic carbocycles. The molecule has 0 aromatic rings. The summed E-state index contributed by atoms with van der Waals surface area (Å²) in [6.07, 6.45) is 1.02. The van der Waals surface area contributed by atoms with E-state index in [-0.39, 0.29) is 5.92 Å². The Balaban J connectivity index is 3.36. The van der Waals surface area contributed by atoms with Crippen LogP contribution in [0.2, 0.25) is 0 Å². The number of nitrogens with two attached hydrogens (primary N) is 1. The van der Waals surface area contributed by atoms with Gasteiger partial charge in [-0.3, -0.25) is 0 Å². The summed E-state index contributed by atoms with van der Waals surface area (Å²) in [5, 5.41) is 0. The largest absolute Gasteiger partial charge is 0.393 e. The third kappa shape index (κ3) is 9.03. The molecule has 0 saturated carbocycles. The molecule has 16 heavy (non-hydrogen) atoms. The van der Waals surface area contributed by atoms with Gasteiger partial charge in [0, 0.05) is 32.7 Å². The Bertz CT molecular complexity index is 191. The van der Waals surface area contributed by atoms with Gasteiger partial charge in [-0.25, -0.2) is 0 Å². The molecule has 0 radical (unpaired) electrons. The molecule has 0 heterocycles. The molecule has 0 aliphatic heterocycles. The normalized spacial score (nSPS) is 13.0. The Hall–Kier alpha value is -0.230. The monoisotopic (exact) mass is 248 g/mol. The number of ether oxygens (including phenoxy) is 2. The Morgan fingerprint density at radius 2 is 2.06 bits per heavy atom. The summed E-state index contributed by atoms with van der Waals surface area (Å²) in [5.41, 5.74) is 5.56. The van der Waals surface area contributed by atoms with E-state index in [0.717, 1.165) is 26.1 Å². The molecule has 0 aliphatic carbocycles. The lowest BCUT2D eigenvalue weighted by atomic mass is 10.1. The van der Waals surface area contributed by atoms with Gasteiger partial charge >= 0.3 is 0 Å². The first-order valence-electron chi connectivity index (χ1n) is 5.62. The molecule has 4 nitrogen and oxygen atoms in total. The standard InChI is InChI=1S/C11H24N2O2S/c1-10(11(12)16)9-13(2)5-4-6-15-8-7-14-3/h10H,4-9H2,1-3H3,(H2,12,16). The Kier molecular flexibility index (Phi) is 9.82. The maximum atomic E-state index is 5.56. The molecule has 0 amide bonds. The van der Waals surface area contributed by atoms with Crippen LogP contribution >= 0.6 is 12.2 Å². The fraction of sp³-hybridized carbons (Fsp3) is 0.909. The van der Waals surface area contributed by atoms with E-state index in [1.165, 1.54) is 0 Å². The number of nitrogens with zero attached hydrogens (tertiary/aromatic N) is 1. The van der Waals surface area contributed by atoms with Crippen molar-refractivity contribution in [1.82, 2.24) is 4.90 Å². The number of hydrogen-bond acceptors (Lipinski definition) is 4. The van der Waals surface area contributed by atoms with Gasteiger partial charge in [-0.2, -0.15) is 0 Å². The van der Waals surface area contributed by atoms with Crippen molar-refractivity contribution in [2.24, 2.45) is 11.7 Å². The highest BCUT2D eigenvalue weighted by molar-refractivity contribution is 7.80. The average molecular weight is 248 g/mol. The molecule has 1 unspecified atom stereocenters. The lowest BCUT2D eigenvalue weighted by Crippen LogP contribution is -2.32. The van der Waals surface area contributed by atoms with Crippen LogP contribution in [0, 0.1) is 5.92 Å². The third-order valence-electron chi connectivity index (χ3n) is 2.33. The SMILES string of the molecule is COCCOCCCN(C)CC(C)C(N)=S. The quantitative estimate of drug-likeness (QED) is 0.460. The molecule has 1 atom stereocenters. The summed E-state index contributed by atoms with van der Waals surface area (Å²) in [6.45, 7) is 6.06. The van der Waals surface area contributed by atoms with Gasteiger partial charge in [-0.15, -0.1) is 0 Å². The molecule has 0 bridgehead atoms. The van der Waals surface area contributed by atoms with Gasteiger partial charge in [-0.05, 0) is 13.5 Å². The third-order valence-corrected chi connectivity index (χ3v) is 2.73. The average Bonchev–Trinajstić information content (AvgIpc) is 2.23. The maximum Gasteiger partial charge on any atom is 0.0768 e. The Morgan fingerprint density at radius 3 is 2.62 bits per heavy atom. The van der Waals surface area contributed by atoms with Gasteiger partial charge < -0.3 is 20.1 Å². The van der Waals surface area contributed by atoms with Crippen LogP contribution in [0.3, 0.4) is 0 Å². The summed E-state index contributed by atoms with van der Waals surface area (Å²) in [5.74, 6) is 0.273. The first-order valence-corrected chi connectivity index (χ1v) is 6.03. The van der Waals surface area contributed by atoms with E-state index in [2.05, 4.69) is 11.9 Å². The van der Waals surface area contributed by atoms with Gasteiger partial charge in [-0.1, -0.05) is 19.1 Å². The molecule has 5 heteroatoms. The molecule has 0 saturated heterocycles. The Labute approximate surface area is 104 Å². The number of methoxy groups -OCH3 is 1. The first kappa shape index (κ1) is 15.8. The topological polar surface area (TPSA) is 47.7 Å². The molecule has 0 aliphatic rings. The van der Waals surface area contributed by atoms with Crippen LogP contribution in [0.25, 0.3) is 0 Å². The van der Waals surface area contributed by atoms with Crippen molar-refractivity contribution in [2.45, 2.75) is 13.3 Å². The highest BCUT2D eigenvalue weighted by Gasteiger charge is 2.08. The summed E-state index contributed by atoms with van der Waals surface area (Å²) in [7, 11) is 3.75. The number of rotatable bonds is 10. The van der Waals surface area contributed by atoms with Crippen LogP contribution in [-0.4, -0.2) is 57.0 Å². The number of hydrogen-bond donors (Lipinski definition) is 1. The van der Waals surface area contributed by atoms with E-state index in [1.807, 2.05) is 6.92 Å². The van der Waals surface area contributed by atoms with Crippen molar-refractivity contribution in [3.63, 3.8) is 0 Å². The van der Waals surface area contributed by atoms with Crippen molar-refractivity contribution in [3.05, 3.63) is 0 Å². The van der Waals surface area contributed by atoms with Crippen LogP contribution < -0.4 is 5.73 Å². The lowest BCUT2D eigenvalue weighted by molar-refractivity contribution is 0.0661. The summed E-state index contributed by atoms with van der Waals surface area (Å²) >= 11 is 4.93. The molecule has 96 valence electrons. The molecule has 0 rings (SSSR count). The predicted octanol–water partition coefficient (Wildman–Crippen LogP) is 0.894. The van der Waals surface area contributed by atoms with Gasteiger partial charge in [0.05, 0.1) is 18.2 Å². The smallest absolute Gasteiger partial charge is 0.0768 e. The molecule has 2 N–H and O–H groups in total. The second-order valence-electron chi connectivity index (χ2n) is 4.02. The summed E-state index contributed by atoms with van der Waals surface area (Å²) in [4.78, 5) is 2.81. The van der Waals surface area contributed by atoms with Crippen LogP contribution in [0.1, 0.15) is 13.3 Å². The first-order chi connectivity index (χ1) is 7.57. The fourth-order valence-electron chi connectivity index (χ4n) is 1.33. The highest BCUT2D eigenvalue weighted by atomic mass is 32.1. The van der Waals surface area contributed by atoms with Crippen molar-refractivity contribution in [3.8, 4) is 0 Å². The van der Waals surface area contributed by atoms with Crippen LogP contribution in [0.15, 0.2) is 0 Å². The van der Waals surface area contributed by atoms with Gasteiger partial charge in [0.1, 0.15) is 0 Å². The minimum Gasteiger partial charge on any atom is -0.393 e. The number of thiocarbonyl (C=S) groups is 1. The van der Waals surface area contributed by atoms with E-state index < -0.39 is 0 Å². The van der Waals surface area contributed by atoms with Crippen LogP contribution in [-0.2, 0) is 9.47 Å². The van der Waals surface area contributed by atoms with Crippen LogP contribution in [0.4, 0.5) is 0 Å². The Morgan fingerprint density at radius 1 is 1.38 bits per heavy atom. The zero-order valence-electron chi connectivity index (χ0n) is 10.6. The second kappa shape index (κ2) is 9.96. The predicted molar refractivity (Wildman–Crippen MR) is 70.8 cm³/mol. The van der Waals surface area contributed by atoms with Gasteiger partial charge in [0.15, 0.2) is 0 Å². The van der Waals surface area contributed by atoms with Crippen LogP contribution in [0.5, 0.6) is 0 Å². The van der Waals surface area contributed by atoms with E-state index >= 15 is 0 Å². The van der Waals surface area contributed by atoms with E-state index in [9.17, 15) is 0 Å².